The molecular formula is C14H27NO. The maximum absolute atomic E-state index is 11.6. The fourth-order valence-electron chi connectivity index (χ4n) is 2.54. The molecule has 1 unspecified atom stereocenters. The third-order valence-corrected chi connectivity index (χ3v) is 3.53. The highest BCUT2D eigenvalue weighted by atomic mass is 16.1. The minimum Gasteiger partial charge on any atom is -0.301 e. The van der Waals surface area contributed by atoms with Gasteiger partial charge in [0.25, 0.3) is 0 Å². The van der Waals surface area contributed by atoms with Gasteiger partial charge in [-0.05, 0) is 45.6 Å². The zero-order valence-corrected chi connectivity index (χ0v) is 11.3. The third-order valence-electron chi connectivity index (χ3n) is 3.53. The molecule has 0 aliphatic heterocycles. The first-order chi connectivity index (χ1) is 7.50. The van der Waals surface area contributed by atoms with E-state index < -0.39 is 0 Å². The molecular weight excluding hydrogens is 198 g/mol. The number of hydrogen-bond donors (Lipinski definition) is 0. The Bertz CT molecular complexity index is 223. The zero-order chi connectivity index (χ0) is 12.1. The molecule has 1 atom stereocenters. The predicted octanol–water partition coefficient (Wildman–Crippen LogP) is 3.11. The second-order valence-electron chi connectivity index (χ2n) is 5.83. The quantitative estimate of drug-likeness (QED) is 0.692. The summed E-state index contributed by atoms with van der Waals surface area (Å²) in [6, 6.07) is 0.596. The van der Waals surface area contributed by atoms with Crippen LogP contribution >= 0.6 is 0 Å². The minimum atomic E-state index is 0.369. The maximum atomic E-state index is 11.6. The third kappa shape index (κ3) is 4.25. The Hall–Kier alpha value is -0.370. The highest BCUT2D eigenvalue weighted by Gasteiger charge is 2.25. The predicted molar refractivity (Wildman–Crippen MR) is 68.5 cm³/mol. The topological polar surface area (TPSA) is 20.3 Å². The lowest BCUT2D eigenvalue weighted by atomic mass is 10.0. The number of hydrogen-bond acceptors (Lipinski definition) is 2. The van der Waals surface area contributed by atoms with E-state index in [0.717, 1.165) is 38.8 Å². The van der Waals surface area contributed by atoms with E-state index >= 15 is 0 Å². The Kier molecular flexibility index (Phi) is 5.47. The lowest BCUT2D eigenvalue weighted by Gasteiger charge is -2.29. The molecule has 0 aromatic heterocycles. The zero-order valence-electron chi connectivity index (χ0n) is 11.3. The van der Waals surface area contributed by atoms with Crippen LogP contribution in [0.3, 0.4) is 0 Å². The Morgan fingerprint density at radius 2 is 2.00 bits per heavy atom. The fraction of sp³-hybridized carbons (Fsp3) is 0.929. The van der Waals surface area contributed by atoms with Gasteiger partial charge in [-0.25, -0.2) is 0 Å². The van der Waals surface area contributed by atoms with Crippen LogP contribution in [0, 0.1) is 11.8 Å². The lowest BCUT2D eigenvalue weighted by Crippen LogP contribution is -2.36. The molecule has 0 N–H and O–H groups in total. The van der Waals surface area contributed by atoms with Crippen molar-refractivity contribution in [2.75, 3.05) is 13.1 Å². The van der Waals surface area contributed by atoms with Gasteiger partial charge in [-0.2, -0.15) is 0 Å². The van der Waals surface area contributed by atoms with Gasteiger partial charge in [0.2, 0.25) is 0 Å². The summed E-state index contributed by atoms with van der Waals surface area (Å²) in [5.41, 5.74) is 0. The van der Waals surface area contributed by atoms with E-state index in [9.17, 15) is 4.79 Å². The van der Waals surface area contributed by atoms with E-state index in [1.165, 1.54) is 0 Å². The number of carbonyl (C=O) groups is 1. The van der Waals surface area contributed by atoms with Crippen molar-refractivity contribution in [3.63, 3.8) is 0 Å². The molecule has 94 valence electrons. The molecule has 2 nitrogen and oxygen atoms in total. The molecule has 1 aliphatic rings. The monoisotopic (exact) mass is 225 g/mol. The first-order valence-electron chi connectivity index (χ1n) is 6.77. The van der Waals surface area contributed by atoms with Gasteiger partial charge < -0.3 is 4.90 Å². The maximum Gasteiger partial charge on any atom is 0.136 e. The van der Waals surface area contributed by atoms with Gasteiger partial charge in [-0.1, -0.05) is 13.8 Å². The van der Waals surface area contributed by atoms with Crippen molar-refractivity contribution in [2.45, 2.75) is 59.4 Å². The Balaban J connectivity index is 2.34. The van der Waals surface area contributed by atoms with Crippen LogP contribution in [0.1, 0.15) is 53.4 Å². The van der Waals surface area contributed by atoms with Crippen LogP contribution in [-0.2, 0) is 4.79 Å². The first kappa shape index (κ1) is 13.7. The van der Waals surface area contributed by atoms with Crippen LogP contribution in [0.2, 0.25) is 0 Å². The summed E-state index contributed by atoms with van der Waals surface area (Å²) in [5.74, 6) is 1.59. The van der Waals surface area contributed by atoms with Crippen LogP contribution in [-0.4, -0.2) is 29.8 Å². The smallest absolute Gasteiger partial charge is 0.136 e. The first-order valence-corrected chi connectivity index (χ1v) is 6.77. The van der Waals surface area contributed by atoms with Crippen molar-refractivity contribution in [3.8, 4) is 0 Å². The molecule has 0 aromatic rings. The van der Waals surface area contributed by atoms with Gasteiger partial charge in [0, 0.05) is 24.9 Å². The highest BCUT2D eigenvalue weighted by molar-refractivity contribution is 5.82. The van der Waals surface area contributed by atoms with Crippen LogP contribution < -0.4 is 0 Å². The number of Topliss-reactive ketones (excluding diaryl/α,β-unsaturated/α-hetero) is 1. The summed E-state index contributed by atoms with van der Waals surface area (Å²) >= 11 is 0. The van der Waals surface area contributed by atoms with Gasteiger partial charge in [0.1, 0.15) is 5.78 Å². The average Bonchev–Trinajstić information content (AvgIpc) is 2.57. The number of rotatable bonds is 6. The second-order valence-corrected chi connectivity index (χ2v) is 5.83. The van der Waals surface area contributed by atoms with Gasteiger partial charge in [-0.3, -0.25) is 4.79 Å². The molecule has 1 saturated carbocycles. The Morgan fingerprint density at radius 3 is 2.44 bits per heavy atom. The summed E-state index contributed by atoms with van der Waals surface area (Å²) in [6.45, 7) is 11.3. The Morgan fingerprint density at radius 1 is 1.31 bits per heavy atom. The van der Waals surface area contributed by atoms with E-state index in [-0.39, 0.29) is 0 Å². The minimum absolute atomic E-state index is 0.369. The molecule has 0 spiro atoms. The molecule has 0 heterocycles. The number of carbonyl (C=O) groups excluding carboxylic acids is 1. The second kappa shape index (κ2) is 6.39. The normalized spacial score (nSPS) is 21.7. The number of ketones is 1. The van der Waals surface area contributed by atoms with Gasteiger partial charge in [-0.15, -0.1) is 0 Å². The van der Waals surface area contributed by atoms with E-state index in [4.69, 9.17) is 0 Å². The summed E-state index contributed by atoms with van der Waals surface area (Å²) < 4.78 is 0. The largest absolute Gasteiger partial charge is 0.301 e. The van der Waals surface area contributed by atoms with Crippen LogP contribution in [0.25, 0.3) is 0 Å². The number of nitrogens with zero attached hydrogens (tertiary/aromatic N) is 1. The average molecular weight is 225 g/mol. The molecule has 1 aliphatic carbocycles. The molecule has 0 radical (unpaired) electrons. The molecule has 2 heteroatoms. The van der Waals surface area contributed by atoms with Crippen molar-refractivity contribution in [1.82, 2.24) is 4.90 Å². The van der Waals surface area contributed by atoms with Crippen molar-refractivity contribution in [3.05, 3.63) is 0 Å². The lowest BCUT2D eigenvalue weighted by molar-refractivity contribution is -0.120. The van der Waals surface area contributed by atoms with Gasteiger partial charge >= 0.3 is 0 Å². The molecule has 0 bridgehead atoms. The standard InChI is InChI=1S/C14H27NO/c1-11(2)10-15(12(3)4)9-8-13-6-5-7-14(13)16/h11-13H,5-10H2,1-4H3. The van der Waals surface area contributed by atoms with Crippen molar-refractivity contribution in [2.24, 2.45) is 11.8 Å². The summed E-state index contributed by atoms with van der Waals surface area (Å²) in [6.07, 6.45) is 4.15. The van der Waals surface area contributed by atoms with Crippen LogP contribution in [0.4, 0.5) is 0 Å². The van der Waals surface area contributed by atoms with E-state index in [2.05, 4.69) is 32.6 Å². The van der Waals surface area contributed by atoms with E-state index in [0.29, 0.717) is 23.7 Å². The molecule has 16 heavy (non-hydrogen) atoms. The van der Waals surface area contributed by atoms with Gasteiger partial charge in [0.15, 0.2) is 0 Å². The van der Waals surface area contributed by atoms with Crippen molar-refractivity contribution < 1.29 is 4.79 Å². The fourth-order valence-corrected chi connectivity index (χ4v) is 2.54. The summed E-state index contributed by atoms with van der Waals surface area (Å²) in [5, 5.41) is 0. The van der Waals surface area contributed by atoms with Crippen LogP contribution in [0.5, 0.6) is 0 Å². The SMILES string of the molecule is CC(C)CN(CCC1CCCC1=O)C(C)C. The summed E-state index contributed by atoms with van der Waals surface area (Å²) in [4.78, 5) is 14.1. The molecule has 0 amide bonds. The highest BCUT2D eigenvalue weighted by Crippen LogP contribution is 2.24. The van der Waals surface area contributed by atoms with Crippen molar-refractivity contribution in [1.29, 1.82) is 0 Å². The molecule has 1 rings (SSSR count). The molecule has 0 saturated heterocycles. The Labute approximate surface area is 100 Å². The van der Waals surface area contributed by atoms with Gasteiger partial charge in [0.05, 0.1) is 0 Å². The summed E-state index contributed by atoms with van der Waals surface area (Å²) in [7, 11) is 0. The van der Waals surface area contributed by atoms with Crippen LogP contribution in [0.15, 0.2) is 0 Å². The molecule has 0 aromatic carbocycles. The van der Waals surface area contributed by atoms with Crippen molar-refractivity contribution >= 4 is 5.78 Å². The van der Waals surface area contributed by atoms with E-state index in [1.54, 1.807) is 0 Å². The molecule has 1 fully saturated rings. The van der Waals surface area contributed by atoms with E-state index in [1.807, 2.05) is 0 Å².